The van der Waals surface area contributed by atoms with Crippen molar-refractivity contribution in [3.63, 3.8) is 0 Å². The molecular weight excluding hydrogens is 502 g/mol. The zero-order chi connectivity index (χ0) is 35.8. The number of pyridine rings is 1. The summed E-state index contributed by atoms with van der Waals surface area (Å²) in [5.41, 5.74) is 3.51. The Bertz CT molecular complexity index is 2210. The molecule has 0 saturated heterocycles. The number of thiophene rings is 1. The van der Waals surface area contributed by atoms with E-state index < -0.39 is 5.41 Å². The number of hydrogen-bond acceptors (Lipinski definition) is 2. The zero-order valence-corrected chi connectivity index (χ0v) is 26.4. The molecule has 0 spiro atoms. The first kappa shape index (κ1) is 19.4. The van der Waals surface area contributed by atoms with E-state index >= 15 is 0 Å². The van der Waals surface area contributed by atoms with Gasteiger partial charge in [0, 0.05) is 27.2 Å². The summed E-state index contributed by atoms with van der Waals surface area (Å²) in [5.74, 6) is 0. The average Bonchev–Trinajstić information content (AvgIpc) is 3.36. The third kappa shape index (κ3) is 4.48. The molecule has 0 fully saturated rings. The maximum atomic E-state index is 9.79. The normalized spacial score (nSPS) is 19.9. The summed E-state index contributed by atoms with van der Waals surface area (Å²) in [4.78, 5) is 4.65. The Balaban J connectivity index is 1.87. The molecule has 208 valence electrons. The van der Waals surface area contributed by atoms with E-state index in [1.54, 1.807) is 6.07 Å². The lowest BCUT2D eigenvalue weighted by Gasteiger charge is -2.44. The highest BCUT2D eigenvalue weighted by Crippen LogP contribution is 2.54. The van der Waals surface area contributed by atoms with E-state index in [4.69, 9.17) is 6.85 Å². The molecule has 2 heterocycles. The van der Waals surface area contributed by atoms with Crippen molar-refractivity contribution in [3.05, 3.63) is 76.8 Å². The molecule has 0 saturated carbocycles. The molecule has 0 bridgehead atoms. The number of aromatic nitrogens is 1. The van der Waals surface area contributed by atoms with Crippen LogP contribution >= 0.6 is 11.3 Å². The van der Waals surface area contributed by atoms with Crippen molar-refractivity contribution in [2.75, 3.05) is 0 Å². The number of nitrogens with zero attached hydrogens (tertiary/aromatic N) is 1. The van der Waals surface area contributed by atoms with Gasteiger partial charge >= 0.3 is 0 Å². The van der Waals surface area contributed by atoms with Crippen LogP contribution in [0.2, 0.25) is 0 Å². The highest BCUT2D eigenvalue weighted by Gasteiger charge is 2.41. The maximum absolute atomic E-state index is 9.79. The summed E-state index contributed by atoms with van der Waals surface area (Å²) in [6, 6.07) is 1.00. The summed E-state index contributed by atoms with van der Waals surface area (Å²) in [7, 11) is 0. The fourth-order valence-electron chi connectivity index (χ4n) is 6.49. The van der Waals surface area contributed by atoms with E-state index in [9.17, 15) is 4.11 Å². The van der Waals surface area contributed by atoms with Crippen LogP contribution in [-0.4, -0.2) is 4.98 Å². The topological polar surface area (TPSA) is 12.9 Å². The molecular formula is C38H45NS. The van der Waals surface area contributed by atoms with Gasteiger partial charge in [-0.1, -0.05) is 93.4 Å². The van der Waals surface area contributed by atoms with E-state index in [1.807, 2.05) is 20.8 Å². The van der Waals surface area contributed by atoms with Gasteiger partial charge in [-0.05, 0) is 98.1 Å². The van der Waals surface area contributed by atoms with Crippen LogP contribution < -0.4 is 0 Å². The Morgan fingerprint density at radius 2 is 1.50 bits per heavy atom. The fraction of sp³-hybridized carbons (Fsp3) is 0.447. The van der Waals surface area contributed by atoms with Gasteiger partial charge in [0.1, 0.15) is 0 Å². The molecule has 40 heavy (non-hydrogen) atoms. The molecule has 6 rings (SSSR count). The third-order valence-electron chi connectivity index (χ3n) is 8.48. The van der Waals surface area contributed by atoms with Crippen molar-refractivity contribution in [2.45, 2.75) is 105 Å². The highest BCUT2D eigenvalue weighted by molar-refractivity contribution is 7.26. The molecule has 0 radical (unpaired) electrons. The van der Waals surface area contributed by atoms with E-state index in [0.717, 1.165) is 23.1 Å². The minimum absolute atomic E-state index is 0.0479. The quantitative estimate of drug-likeness (QED) is 0.211. The average molecular weight is 556 g/mol. The first-order valence-electron chi connectivity index (χ1n) is 18.3. The summed E-state index contributed by atoms with van der Waals surface area (Å²) >= 11 is 1.48. The summed E-state index contributed by atoms with van der Waals surface area (Å²) < 4.78 is 73.4. The van der Waals surface area contributed by atoms with E-state index in [-0.39, 0.29) is 58.7 Å². The summed E-state index contributed by atoms with van der Waals surface area (Å²) in [6.45, 7) is 21.4. The van der Waals surface area contributed by atoms with Crippen molar-refractivity contribution in [3.8, 4) is 11.3 Å². The molecule has 0 unspecified atom stereocenters. The van der Waals surface area contributed by atoms with Crippen LogP contribution in [0, 0.1) is 5.41 Å². The number of hydrogen-bond donors (Lipinski definition) is 0. The largest absolute Gasteiger partial charge is 0.255 e. The van der Waals surface area contributed by atoms with Crippen molar-refractivity contribution >= 4 is 42.3 Å². The van der Waals surface area contributed by atoms with Crippen LogP contribution in [0.5, 0.6) is 0 Å². The van der Waals surface area contributed by atoms with E-state index in [0.29, 0.717) is 55.5 Å². The summed E-state index contributed by atoms with van der Waals surface area (Å²) in [6.07, 6.45) is 2.41. The highest BCUT2D eigenvalue weighted by atomic mass is 32.1. The van der Waals surface area contributed by atoms with Gasteiger partial charge < -0.3 is 0 Å². The molecule has 2 aromatic heterocycles. The molecule has 2 heteroatoms. The second-order valence-electron chi connectivity index (χ2n) is 15.2. The van der Waals surface area contributed by atoms with Crippen LogP contribution in [0.1, 0.15) is 115 Å². The van der Waals surface area contributed by atoms with Gasteiger partial charge in [-0.2, -0.15) is 0 Å². The first-order chi connectivity index (χ1) is 21.9. The second-order valence-corrected chi connectivity index (χ2v) is 16.2. The molecule has 5 aromatic rings. The van der Waals surface area contributed by atoms with Gasteiger partial charge in [-0.3, -0.25) is 4.98 Å². The number of rotatable bonds is 2. The molecule has 0 aliphatic heterocycles. The van der Waals surface area contributed by atoms with E-state index in [1.165, 1.54) is 22.5 Å². The molecule has 1 nitrogen and oxygen atoms in total. The van der Waals surface area contributed by atoms with Gasteiger partial charge in [-0.25, -0.2) is 0 Å². The van der Waals surface area contributed by atoms with Gasteiger partial charge in [-0.15, -0.1) is 11.3 Å². The minimum atomic E-state index is -0.660. The lowest BCUT2D eigenvalue weighted by atomic mass is 9.61. The van der Waals surface area contributed by atoms with Crippen molar-refractivity contribution in [1.29, 1.82) is 0 Å². The fourth-order valence-corrected chi connectivity index (χ4v) is 7.94. The second kappa shape index (κ2) is 8.89. The molecule has 3 aromatic carbocycles. The predicted octanol–water partition coefficient (Wildman–Crippen LogP) is 11.5. The number of fused-ring (bicyclic) bond motifs is 6. The molecule has 0 N–H and O–H groups in total. The van der Waals surface area contributed by atoms with Crippen molar-refractivity contribution < 1.29 is 11.0 Å². The lowest BCUT2D eigenvalue weighted by molar-refractivity contribution is 0.327. The Labute approximate surface area is 256 Å². The van der Waals surface area contributed by atoms with Crippen LogP contribution in [-0.2, 0) is 22.7 Å². The van der Waals surface area contributed by atoms with Crippen LogP contribution in [0.4, 0.5) is 0 Å². The summed E-state index contributed by atoms with van der Waals surface area (Å²) in [5, 5.41) is 1.78. The molecule has 1 aliphatic rings. The Morgan fingerprint density at radius 1 is 0.825 bits per heavy atom. The standard InChI is InChI=1S/C38H45NS/c1-35(2,3)22-25-20-28-27-15-18-39-32(24-19-23-13-11-12-14-26(23)29(21-24)36(4,5)6)34(27)40-33(28)31-30(25)37(7,8)16-17-38(31,9)10/h11-15,18-21H,16-17,22H2,1-10H3/i11D,12D,13D,14D,15D,18D,20D,21D. The Morgan fingerprint density at radius 3 is 2.17 bits per heavy atom. The van der Waals surface area contributed by atoms with Gasteiger partial charge in [0.25, 0.3) is 0 Å². The van der Waals surface area contributed by atoms with Crippen LogP contribution in [0.15, 0.2) is 54.5 Å². The smallest absolute Gasteiger partial charge is 0.0880 e. The van der Waals surface area contributed by atoms with Gasteiger partial charge in [0.05, 0.1) is 21.4 Å². The van der Waals surface area contributed by atoms with Crippen LogP contribution in [0.25, 0.3) is 42.2 Å². The maximum Gasteiger partial charge on any atom is 0.0880 e. The van der Waals surface area contributed by atoms with Gasteiger partial charge in [0.15, 0.2) is 0 Å². The molecule has 0 amide bonds. The third-order valence-corrected chi connectivity index (χ3v) is 9.70. The first-order valence-corrected chi connectivity index (χ1v) is 15.2. The zero-order valence-electron chi connectivity index (χ0n) is 33.6. The lowest BCUT2D eigenvalue weighted by Crippen LogP contribution is -2.35. The monoisotopic (exact) mass is 555 g/mol. The van der Waals surface area contributed by atoms with Crippen molar-refractivity contribution in [1.82, 2.24) is 4.98 Å². The number of benzene rings is 3. The van der Waals surface area contributed by atoms with Gasteiger partial charge in [0.2, 0.25) is 0 Å². The van der Waals surface area contributed by atoms with E-state index in [2.05, 4.69) is 53.5 Å². The minimum Gasteiger partial charge on any atom is -0.255 e. The Hall–Kier alpha value is -2.71. The van der Waals surface area contributed by atoms with Crippen LogP contribution in [0.3, 0.4) is 0 Å². The SMILES string of the molecule is [2H]c1nc(-c2cc3c([2H])c([2H])c([2H])c([2H])c3c(C(C)(C)C)c2[2H])c2sc3c4c(c(CC(C)(C)C)c([2H])c3c2c1[2H])C(C)(C)CCC4(C)C. The molecule has 1 aliphatic carbocycles. The molecule has 0 atom stereocenters. The predicted molar refractivity (Wildman–Crippen MR) is 177 cm³/mol. The van der Waals surface area contributed by atoms with Crippen molar-refractivity contribution in [2.24, 2.45) is 5.41 Å². The Kier molecular flexibility index (Phi) is 4.32.